The van der Waals surface area contributed by atoms with Crippen molar-refractivity contribution in [3.05, 3.63) is 0 Å². The molecule has 0 aromatic heterocycles. The van der Waals surface area contributed by atoms with Crippen LogP contribution in [0.15, 0.2) is 0 Å². The molecule has 0 amide bonds. The number of hydrogen-bond donors (Lipinski definition) is 0. The molecule has 0 spiro atoms. The Labute approximate surface area is 88.6 Å². The minimum Gasteiger partial charge on any atom is -0.377 e. The van der Waals surface area contributed by atoms with E-state index < -0.39 is 0 Å². The Kier molecular flexibility index (Phi) is 4.39. The van der Waals surface area contributed by atoms with E-state index in [1.807, 2.05) is 0 Å². The number of hydrogen-bond acceptors (Lipinski definition) is 2. The number of ether oxygens (including phenoxy) is 1. The molecule has 1 aliphatic rings. The molecule has 1 atom stereocenters. The van der Waals surface area contributed by atoms with Gasteiger partial charge in [0.2, 0.25) is 0 Å². The summed E-state index contributed by atoms with van der Waals surface area (Å²) in [6.45, 7) is 12.4. The SMILES string of the molecule is CCN(CC1CCCO1)C(C)(C)CC. The number of nitrogens with zero attached hydrogens (tertiary/aromatic N) is 1. The largest absolute Gasteiger partial charge is 0.377 e. The lowest BCUT2D eigenvalue weighted by molar-refractivity contribution is 0.0331. The highest BCUT2D eigenvalue weighted by Gasteiger charge is 2.27. The Morgan fingerprint density at radius 3 is 2.50 bits per heavy atom. The third-order valence-electron chi connectivity index (χ3n) is 3.55. The van der Waals surface area contributed by atoms with E-state index in [9.17, 15) is 0 Å². The summed E-state index contributed by atoms with van der Waals surface area (Å²) in [5, 5.41) is 0. The van der Waals surface area contributed by atoms with Gasteiger partial charge in [-0.2, -0.15) is 0 Å². The van der Waals surface area contributed by atoms with Crippen molar-refractivity contribution in [3.63, 3.8) is 0 Å². The second-order valence-corrected chi connectivity index (χ2v) is 4.84. The first kappa shape index (κ1) is 12.0. The molecule has 0 bridgehead atoms. The molecule has 0 aliphatic carbocycles. The topological polar surface area (TPSA) is 12.5 Å². The first-order valence-corrected chi connectivity index (χ1v) is 5.96. The Morgan fingerprint density at radius 1 is 1.36 bits per heavy atom. The molecule has 1 unspecified atom stereocenters. The van der Waals surface area contributed by atoms with Gasteiger partial charge >= 0.3 is 0 Å². The van der Waals surface area contributed by atoms with E-state index in [1.165, 1.54) is 19.3 Å². The molecule has 1 aliphatic heterocycles. The van der Waals surface area contributed by atoms with E-state index in [2.05, 4.69) is 32.6 Å². The monoisotopic (exact) mass is 199 g/mol. The van der Waals surface area contributed by atoms with Crippen molar-refractivity contribution in [2.75, 3.05) is 19.7 Å². The average Bonchev–Trinajstić information content (AvgIpc) is 2.66. The molecule has 2 heteroatoms. The highest BCUT2D eigenvalue weighted by atomic mass is 16.5. The van der Waals surface area contributed by atoms with Gasteiger partial charge in [0.05, 0.1) is 6.10 Å². The number of rotatable bonds is 5. The fourth-order valence-corrected chi connectivity index (χ4v) is 2.06. The first-order valence-electron chi connectivity index (χ1n) is 5.96. The van der Waals surface area contributed by atoms with Crippen LogP contribution in [0.4, 0.5) is 0 Å². The normalized spacial score (nSPS) is 23.4. The summed E-state index contributed by atoms with van der Waals surface area (Å²) in [6, 6.07) is 0. The van der Waals surface area contributed by atoms with E-state index in [4.69, 9.17) is 4.74 Å². The van der Waals surface area contributed by atoms with Crippen LogP contribution in [0.1, 0.15) is 47.0 Å². The molecular formula is C12H25NO. The van der Waals surface area contributed by atoms with Gasteiger partial charge in [-0.1, -0.05) is 13.8 Å². The molecule has 2 nitrogen and oxygen atoms in total. The Hall–Kier alpha value is -0.0800. The van der Waals surface area contributed by atoms with Crippen LogP contribution >= 0.6 is 0 Å². The maximum Gasteiger partial charge on any atom is 0.0703 e. The van der Waals surface area contributed by atoms with Crippen molar-refractivity contribution in [2.45, 2.75) is 58.6 Å². The van der Waals surface area contributed by atoms with Crippen LogP contribution in [-0.4, -0.2) is 36.2 Å². The Balaban J connectivity index is 2.44. The Bertz CT molecular complexity index is 162. The minimum absolute atomic E-state index is 0.320. The molecule has 1 fully saturated rings. The van der Waals surface area contributed by atoms with Gasteiger partial charge in [0, 0.05) is 18.7 Å². The molecule has 1 rings (SSSR count). The lowest BCUT2D eigenvalue weighted by atomic mass is 9.98. The highest BCUT2D eigenvalue weighted by Crippen LogP contribution is 2.21. The van der Waals surface area contributed by atoms with Crippen LogP contribution in [0.25, 0.3) is 0 Å². The predicted octanol–water partition coefficient (Wildman–Crippen LogP) is 2.68. The lowest BCUT2D eigenvalue weighted by Crippen LogP contribution is -2.46. The summed E-state index contributed by atoms with van der Waals surface area (Å²) in [7, 11) is 0. The lowest BCUT2D eigenvalue weighted by Gasteiger charge is -2.38. The van der Waals surface area contributed by atoms with Crippen LogP contribution in [-0.2, 0) is 4.74 Å². The standard InChI is InChI=1S/C12H25NO/c1-5-12(3,4)13(6-2)10-11-8-7-9-14-11/h11H,5-10H2,1-4H3. The van der Waals surface area contributed by atoms with Gasteiger partial charge < -0.3 is 4.74 Å². The fourth-order valence-electron chi connectivity index (χ4n) is 2.06. The second kappa shape index (κ2) is 5.13. The van der Waals surface area contributed by atoms with Gasteiger partial charge in [-0.3, -0.25) is 4.90 Å². The summed E-state index contributed by atoms with van der Waals surface area (Å²) >= 11 is 0. The zero-order valence-electron chi connectivity index (χ0n) is 10.2. The van der Waals surface area contributed by atoms with Crippen LogP contribution in [0, 0.1) is 0 Å². The third kappa shape index (κ3) is 2.96. The smallest absolute Gasteiger partial charge is 0.0703 e. The van der Waals surface area contributed by atoms with Gasteiger partial charge in [0.15, 0.2) is 0 Å². The van der Waals surface area contributed by atoms with Crippen molar-refractivity contribution in [2.24, 2.45) is 0 Å². The molecule has 0 N–H and O–H groups in total. The average molecular weight is 199 g/mol. The van der Waals surface area contributed by atoms with Crippen LogP contribution < -0.4 is 0 Å². The molecule has 0 radical (unpaired) electrons. The summed E-state index contributed by atoms with van der Waals surface area (Å²) in [5.41, 5.74) is 0.320. The van der Waals surface area contributed by atoms with Crippen molar-refractivity contribution in [1.29, 1.82) is 0 Å². The third-order valence-corrected chi connectivity index (χ3v) is 3.55. The number of likely N-dealkylation sites (N-methyl/N-ethyl adjacent to an activating group) is 1. The summed E-state index contributed by atoms with van der Waals surface area (Å²) < 4.78 is 5.68. The van der Waals surface area contributed by atoms with E-state index in [0.717, 1.165) is 19.7 Å². The van der Waals surface area contributed by atoms with Crippen LogP contribution in [0.2, 0.25) is 0 Å². The molecule has 1 saturated heterocycles. The summed E-state index contributed by atoms with van der Waals surface area (Å²) in [6.07, 6.45) is 4.18. The zero-order valence-corrected chi connectivity index (χ0v) is 10.2. The summed E-state index contributed by atoms with van der Waals surface area (Å²) in [4.78, 5) is 2.54. The van der Waals surface area contributed by atoms with Crippen molar-refractivity contribution >= 4 is 0 Å². The molecule has 0 aromatic rings. The van der Waals surface area contributed by atoms with Gasteiger partial charge in [-0.15, -0.1) is 0 Å². The molecule has 1 heterocycles. The molecular weight excluding hydrogens is 174 g/mol. The van der Waals surface area contributed by atoms with Crippen molar-refractivity contribution < 1.29 is 4.74 Å². The van der Waals surface area contributed by atoms with Crippen LogP contribution in [0.3, 0.4) is 0 Å². The first-order chi connectivity index (χ1) is 6.60. The maximum absolute atomic E-state index is 5.68. The van der Waals surface area contributed by atoms with E-state index in [-0.39, 0.29) is 0 Å². The van der Waals surface area contributed by atoms with Gasteiger partial charge in [-0.05, 0) is 39.7 Å². The van der Waals surface area contributed by atoms with Gasteiger partial charge in [0.25, 0.3) is 0 Å². The van der Waals surface area contributed by atoms with Crippen LogP contribution in [0.5, 0.6) is 0 Å². The maximum atomic E-state index is 5.68. The second-order valence-electron chi connectivity index (χ2n) is 4.84. The predicted molar refractivity (Wildman–Crippen MR) is 60.6 cm³/mol. The highest BCUT2D eigenvalue weighted by molar-refractivity contribution is 4.82. The van der Waals surface area contributed by atoms with Crippen molar-refractivity contribution in [1.82, 2.24) is 4.90 Å². The molecule has 0 saturated carbocycles. The zero-order chi connectivity index (χ0) is 10.6. The van der Waals surface area contributed by atoms with Gasteiger partial charge in [0.1, 0.15) is 0 Å². The fraction of sp³-hybridized carbons (Fsp3) is 1.00. The molecule has 14 heavy (non-hydrogen) atoms. The quantitative estimate of drug-likeness (QED) is 0.675. The molecule has 84 valence electrons. The van der Waals surface area contributed by atoms with E-state index in [0.29, 0.717) is 11.6 Å². The van der Waals surface area contributed by atoms with Gasteiger partial charge in [-0.25, -0.2) is 0 Å². The van der Waals surface area contributed by atoms with E-state index >= 15 is 0 Å². The van der Waals surface area contributed by atoms with Crippen molar-refractivity contribution in [3.8, 4) is 0 Å². The molecule has 0 aromatic carbocycles. The summed E-state index contributed by atoms with van der Waals surface area (Å²) in [5.74, 6) is 0. The Morgan fingerprint density at radius 2 is 2.07 bits per heavy atom. The van der Waals surface area contributed by atoms with E-state index in [1.54, 1.807) is 0 Å². The minimum atomic E-state index is 0.320.